The fourth-order valence-corrected chi connectivity index (χ4v) is 11.4. The van der Waals surface area contributed by atoms with Gasteiger partial charge in [0.2, 0.25) is 0 Å². The Morgan fingerprint density at radius 1 is 0.586 bits per heavy atom. The van der Waals surface area contributed by atoms with Crippen molar-refractivity contribution in [2.24, 2.45) is 0 Å². The third-order valence-corrected chi connectivity index (χ3v) is 15.1. The Morgan fingerprint density at radius 2 is 1.21 bits per heavy atom. The summed E-state index contributed by atoms with van der Waals surface area (Å²) < 4.78 is 7.24. The molecule has 2 aliphatic carbocycles. The molecule has 0 unspecified atom stereocenters. The Bertz CT molecular complexity index is 2720. The molecule has 6 aromatic rings. The van der Waals surface area contributed by atoms with Gasteiger partial charge in [0.05, 0.1) is 11.3 Å². The number of hydrogen-bond acceptors (Lipinski definition) is 3. The van der Waals surface area contributed by atoms with Crippen molar-refractivity contribution in [3.8, 4) is 0 Å². The molecule has 0 amide bonds. The van der Waals surface area contributed by atoms with E-state index in [0.717, 1.165) is 23.0 Å². The summed E-state index contributed by atoms with van der Waals surface area (Å²) >= 11 is 0. The number of benzene rings is 5. The van der Waals surface area contributed by atoms with E-state index in [1.165, 1.54) is 103 Å². The molecule has 4 aliphatic rings. The van der Waals surface area contributed by atoms with E-state index >= 15 is 0 Å². The summed E-state index contributed by atoms with van der Waals surface area (Å²) in [4.78, 5) is 5.26. The van der Waals surface area contributed by atoms with Crippen LogP contribution in [0.1, 0.15) is 141 Å². The summed E-state index contributed by atoms with van der Waals surface area (Å²) in [5, 5.41) is 1.16. The number of hydrogen-bond donors (Lipinski definition) is 0. The van der Waals surface area contributed by atoms with Gasteiger partial charge in [-0.05, 0) is 159 Å². The first-order valence-corrected chi connectivity index (χ1v) is 21.9. The second-order valence-electron chi connectivity index (χ2n) is 22.1. The Hall–Kier alpha value is -4.70. The van der Waals surface area contributed by atoms with Crippen LogP contribution in [-0.4, -0.2) is 6.71 Å². The zero-order valence-corrected chi connectivity index (χ0v) is 37.3. The molecule has 0 saturated carbocycles. The molecule has 3 nitrogen and oxygen atoms in total. The highest BCUT2D eigenvalue weighted by Gasteiger charge is 2.51. The Kier molecular flexibility index (Phi) is 7.74. The number of fused-ring (bicyclic) bond motifs is 9. The summed E-state index contributed by atoms with van der Waals surface area (Å²) in [5.74, 6) is 0. The third kappa shape index (κ3) is 5.25. The summed E-state index contributed by atoms with van der Waals surface area (Å²) in [6, 6.07) is 33.2. The minimum absolute atomic E-state index is 0.0165. The summed E-state index contributed by atoms with van der Waals surface area (Å²) in [5.41, 5.74) is 22.4. The lowest BCUT2D eigenvalue weighted by Gasteiger charge is -2.49. The molecule has 0 fully saturated rings. The standard InChI is InChI=1S/C54H61BN2O/c1-32-28-42-46-43(29-32)57(41-23-18-34(30-33(41)2)50(3,4)5)47-36-16-14-15-17-44(36)58-49(47)55(46)40-22-21-38-45(54(12,13)27-26-52(38,8)9)48(40)56(42)35-19-20-37-39(31-35)53(10,11)25-24-51(37,6)7/h14-23,28-31H,24-27H2,1-13H3. The second-order valence-corrected chi connectivity index (χ2v) is 22.1. The molecule has 0 radical (unpaired) electrons. The Labute approximate surface area is 347 Å². The van der Waals surface area contributed by atoms with Crippen molar-refractivity contribution in [2.45, 2.75) is 143 Å². The van der Waals surface area contributed by atoms with E-state index in [9.17, 15) is 0 Å². The minimum Gasteiger partial charge on any atom is -0.468 e. The van der Waals surface area contributed by atoms with E-state index in [1.807, 2.05) is 0 Å². The van der Waals surface area contributed by atoms with Gasteiger partial charge in [-0.25, -0.2) is 0 Å². The summed E-state index contributed by atoms with van der Waals surface area (Å²) in [6.07, 6.45) is 4.71. The van der Waals surface area contributed by atoms with Gasteiger partial charge in [-0.15, -0.1) is 0 Å². The lowest BCUT2D eigenvalue weighted by Crippen LogP contribution is -2.61. The topological polar surface area (TPSA) is 19.6 Å². The van der Waals surface area contributed by atoms with Gasteiger partial charge in [-0.2, -0.15) is 0 Å². The van der Waals surface area contributed by atoms with E-state index in [-0.39, 0.29) is 33.8 Å². The summed E-state index contributed by atoms with van der Waals surface area (Å²) in [6.45, 7) is 31.1. The Morgan fingerprint density at radius 3 is 1.90 bits per heavy atom. The molecular weight excluding hydrogens is 703 g/mol. The average molecular weight is 765 g/mol. The highest BCUT2D eigenvalue weighted by Crippen LogP contribution is 2.55. The fourth-order valence-electron chi connectivity index (χ4n) is 11.4. The molecule has 5 aromatic carbocycles. The first-order valence-electron chi connectivity index (χ1n) is 21.9. The summed E-state index contributed by atoms with van der Waals surface area (Å²) in [7, 11) is 0. The largest absolute Gasteiger partial charge is 0.468 e. The van der Waals surface area contributed by atoms with Crippen molar-refractivity contribution in [3.63, 3.8) is 0 Å². The number of para-hydroxylation sites is 1. The maximum absolute atomic E-state index is 7.24. The molecule has 296 valence electrons. The van der Waals surface area contributed by atoms with Gasteiger partial charge in [0.1, 0.15) is 5.58 Å². The molecule has 1 aromatic heterocycles. The van der Waals surface area contributed by atoms with Crippen LogP contribution in [0.25, 0.3) is 11.0 Å². The highest BCUT2D eigenvalue weighted by molar-refractivity contribution is 7.00. The monoisotopic (exact) mass is 764 g/mol. The van der Waals surface area contributed by atoms with Crippen LogP contribution in [0, 0.1) is 13.8 Å². The van der Waals surface area contributed by atoms with Crippen molar-refractivity contribution in [1.29, 1.82) is 0 Å². The van der Waals surface area contributed by atoms with Crippen LogP contribution in [0.4, 0.5) is 34.1 Å². The molecule has 2 aliphatic heterocycles. The van der Waals surface area contributed by atoms with E-state index in [0.29, 0.717) is 0 Å². The molecule has 58 heavy (non-hydrogen) atoms. The molecule has 0 spiro atoms. The van der Waals surface area contributed by atoms with Crippen molar-refractivity contribution in [1.82, 2.24) is 0 Å². The number of furan rings is 1. The zero-order valence-electron chi connectivity index (χ0n) is 37.3. The normalized spacial score (nSPS) is 19.3. The number of aryl methyl sites for hydroxylation is 2. The lowest BCUT2D eigenvalue weighted by molar-refractivity contribution is 0.331. The quantitative estimate of drug-likeness (QED) is 0.163. The van der Waals surface area contributed by atoms with Crippen LogP contribution in [-0.2, 0) is 27.1 Å². The van der Waals surface area contributed by atoms with Gasteiger partial charge in [-0.3, -0.25) is 0 Å². The molecule has 10 rings (SSSR count). The number of rotatable bonds is 2. The van der Waals surface area contributed by atoms with E-state index in [2.05, 4.69) is 185 Å². The van der Waals surface area contributed by atoms with Crippen LogP contribution >= 0.6 is 0 Å². The van der Waals surface area contributed by atoms with Crippen LogP contribution in [0.2, 0.25) is 0 Å². The van der Waals surface area contributed by atoms with Gasteiger partial charge in [-0.1, -0.05) is 119 Å². The van der Waals surface area contributed by atoms with Gasteiger partial charge < -0.3 is 14.2 Å². The molecule has 0 N–H and O–H groups in total. The van der Waals surface area contributed by atoms with E-state index in [1.54, 1.807) is 0 Å². The van der Waals surface area contributed by atoms with Crippen LogP contribution in [0.5, 0.6) is 0 Å². The fraction of sp³-hybridized carbons (Fsp3) is 0.407. The SMILES string of the molecule is Cc1cc2c3c(c1)N(c1ccc(C(C)(C)C)cc1C)c1c(oc4ccccc14)B3c1ccc3c(c1N2c1ccc2c(c1)C(C)(C)CCC2(C)C)C(C)(C)CCC3(C)C. The molecule has 0 bridgehead atoms. The zero-order chi connectivity index (χ0) is 41.1. The van der Waals surface area contributed by atoms with Crippen LogP contribution in [0.3, 0.4) is 0 Å². The van der Waals surface area contributed by atoms with Gasteiger partial charge in [0, 0.05) is 33.8 Å². The molecule has 0 saturated heterocycles. The van der Waals surface area contributed by atoms with Gasteiger partial charge in [0.25, 0.3) is 6.71 Å². The van der Waals surface area contributed by atoms with Gasteiger partial charge in [0.15, 0.2) is 0 Å². The molecule has 4 heteroatoms. The second kappa shape index (κ2) is 12.0. The lowest BCUT2D eigenvalue weighted by atomic mass is 9.35. The smallest absolute Gasteiger partial charge is 0.297 e. The Balaban J connectivity index is 1.34. The van der Waals surface area contributed by atoms with Crippen molar-refractivity contribution in [2.75, 3.05) is 9.80 Å². The molecular formula is C54H61BN2O. The van der Waals surface area contributed by atoms with E-state index in [4.69, 9.17) is 4.42 Å². The third-order valence-electron chi connectivity index (χ3n) is 15.1. The average Bonchev–Trinajstić information content (AvgIpc) is 3.54. The number of anilines is 6. The minimum atomic E-state index is -0.0659. The van der Waals surface area contributed by atoms with Crippen molar-refractivity contribution >= 4 is 68.4 Å². The predicted octanol–water partition coefficient (Wildman–Crippen LogP) is 13.1. The maximum atomic E-state index is 7.24. The predicted molar refractivity (Wildman–Crippen MR) is 249 cm³/mol. The van der Waals surface area contributed by atoms with Crippen LogP contribution < -0.4 is 26.4 Å². The van der Waals surface area contributed by atoms with Crippen molar-refractivity contribution in [3.05, 3.63) is 124 Å². The van der Waals surface area contributed by atoms with Crippen LogP contribution in [0.15, 0.2) is 89.3 Å². The number of nitrogens with zero attached hydrogens (tertiary/aromatic N) is 2. The van der Waals surface area contributed by atoms with E-state index < -0.39 is 0 Å². The van der Waals surface area contributed by atoms with Crippen molar-refractivity contribution < 1.29 is 4.42 Å². The molecule has 3 heterocycles. The van der Waals surface area contributed by atoms with Gasteiger partial charge >= 0.3 is 0 Å². The maximum Gasteiger partial charge on any atom is 0.297 e. The first-order chi connectivity index (χ1) is 27.2. The highest BCUT2D eigenvalue weighted by atomic mass is 16.3. The molecule has 0 atom stereocenters. The first kappa shape index (κ1) is 37.6.